The van der Waals surface area contributed by atoms with Crippen molar-refractivity contribution < 1.29 is 14.3 Å². The van der Waals surface area contributed by atoms with Gasteiger partial charge in [-0.2, -0.15) is 5.10 Å². The van der Waals surface area contributed by atoms with Gasteiger partial charge in [0.2, 0.25) is 0 Å². The Kier molecular flexibility index (Phi) is 6.45. The Balaban J connectivity index is 2.02. The van der Waals surface area contributed by atoms with E-state index in [1.807, 2.05) is 0 Å². The van der Waals surface area contributed by atoms with Gasteiger partial charge in [-0.1, -0.05) is 17.7 Å². The fraction of sp³-hybridized carbons (Fsp3) is 0.125. The molecular formula is C16H15BrClN3O3. The number of rotatable bonds is 5. The van der Waals surface area contributed by atoms with Crippen molar-refractivity contribution in [3.05, 3.63) is 51.5 Å². The number of benzene rings is 2. The summed E-state index contributed by atoms with van der Waals surface area (Å²) >= 11 is 9.28. The number of nitrogens with zero attached hydrogens (tertiary/aromatic N) is 1. The maximum absolute atomic E-state index is 11.8. The highest BCUT2D eigenvalue weighted by Crippen LogP contribution is 2.36. The zero-order valence-corrected chi connectivity index (χ0v) is 15.3. The number of anilines is 1. The van der Waals surface area contributed by atoms with Crippen molar-refractivity contribution in [2.75, 3.05) is 19.5 Å². The van der Waals surface area contributed by atoms with Gasteiger partial charge >= 0.3 is 6.03 Å². The first-order valence-electron chi connectivity index (χ1n) is 6.81. The maximum Gasteiger partial charge on any atom is 0.339 e. The summed E-state index contributed by atoms with van der Waals surface area (Å²) in [6, 6.07) is 9.86. The average molecular weight is 413 g/mol. The van der Waals surface area contributed by atoms with Crippen LogP contribution in [0.5, 0.6) is 11.5 Å². The van der Waals surface area contributed by atoms with Gasteiger partial charge in [-0.05, 0) is 46.3 Å². The average Bonchev–Trinajstić information content (AvgIpc) is 2.56. The van der Waals surface area contributed by atoms with E-state index in [0.29, 0.717) is 26.7 Å². The van der Waals surface area contributed by atoms with Crippen molar-refractivity contribution >= 4 is 45.5 Å². The molecule has 0 radical (unpaired) electrons. The molecule has 24 heavy (non-hydrogen) atoms. The van der Waals surface area contributed by atoms with Gasteiger partial charge in [-0.25, -0.2) is 10.2 Å². The van der Waals surface area contributed by atoms with E-state index in [1.165, 1.54) is 6.21 Å². The monoisotopic (exact) mass is 411 g/mol. The molecule has 0 atom stereocenters. The number of carbonyl (C=O) groups excluding carboxylic acids is 1. The van der Waals surface area contributed by atoms with Gasteiger partial charge in [0.1, 0.15) is 0 Å². The van der Waals surface area contributed by atoms with Gasteiger partial charge in [0, 0.05) is 16.3 Å². The van der Waals surface area contributed by atoms with E-state index in [-0.39, 0.29) is 0 Å². The summed E-state index contributed by atoms with van der Waals surface area (Å²) < 4.78 is 11.2. The molecule has 0 aliphatic carbocycles. The number of methoxy groups -OCH3 is 2. The van der Waals surface area contributed by atoms with Crippen molar-refractivity contribution in [3.63, 3.8) is 0 Å². The third kappa shape index (κ3) is 4.62. The fourth-order valence-electron chi connectivity index (χ4n) is 1.89. The summed E-state index contributed by atoms with van der Waals surface area (Å²) in [6.45, 7) is 0. The van der Waals surface area contributed by atoms with Crippen LogP contribution in [0.2, 0.25) is 5.02 Å². The lowest BCUT2D eigenvalue weighted by Crippen LogP contribution is -2.24. The predicted octanol–water partition coefficient (Wildman–Crippen LogP) is 4.28. The topological polar surface area (TPSA) is 72.0 Å². The molecule has 0 aromatic heterocycles. The van der Waals surface area contributed by atoms with Gasteiger partial charge in [-0.3, -0.25) is 0 Å². The number of ether oxygens (including phenoxy) is 2. The van der Waals surface area contributed by atoms with Gasteiger partial charge < -0.3 is 14.8 Å². The van der Waals surface area contributed by atoms with Gasteiger partial charge in [-0.15, -0.1) is 0 Å². The molecular weight excluding hydrogens is 398 g/mol. The van der Waals surface area contributed by atoms with E-state index in [9.17, 15) is 4.79 Å². The molecule has 0 aliphatic heterocycles. The van der Waals surface area contributed by atoms with E-state index < -0.39 is 6.03 Å². The van der Waals surface area contributed by atoms with E-state index in [1.54, 1.807) is 50.6 Å². The number of hydrogen-bond donors (Lipinski definition) is 2. The Labute approximate surface area is 152 Å². The van der Waals surface area contributed by atoms with E-state index >= 15 is 0 Å². The van der Waals surface area contributed by atoms with Crippen LogP contribution < -0.4 is 20.2 Å². The molecule has 0 bridgehead atoms. The van der Waals surface area contributed by atoms with Crippen molar-refractivity contribution in [1.29, 1.82) is 0 Å². The molecule has 0 fully saturated rings. The second kappa shape index (κ2) is 8.56. The normalized spacial score (nSPS) is 10.5. The van der Waals surface area contributed by atoms with Crippen LogP contribution in [-0.2, 0) is 0 Å². The Morgan fingerprint density at radius 3 is 2.71 bits per heavy atom. The lowest BCUT2D eigenvalue weighted by Gasteiger charge is -2.10. The first-order chi connectivity index (χ1) is 11.5. The van der Waals surface area contributed by atoms with Crippen molar-refractivity contribution in [2.24, 2.45) is 5.10 Å². The predicted molar refractivity (Wildman–Crippen MR) is 98.4 cm³/mol. The SMILES string of the molecule is COc1ccc(/C=N\NC(=O)Nc2cccc(Cl)c2)c(Br)c1OC. The lowest BCUT2D eigenvalue weighted by atomic mass is 10.2. The van der Waals surface area contributed by atoms with Gasteiger partial charge in [0.15, 0.2) is 11.5 Å². The van der Waals surface area contributed by atoms with Crippen molar-refractivity contribution in [3.8, 4) is 11.5 Å². The highest BCUT2D eigenvalue weighted by Gasteiger charge is 2.11. The van der Waals surface area contributed by atoms with Crippen LogP contribution in [0.4, 0.5) is 10.5 Å². The van der Waals surface area contributed by atoms with E-state index in [4.69, 9.17) is 21.1 Å². The molecule has 2 aromatic carbocycles. The van der Waals surface area contributed by atoms with Crippen LogP contribution in [-0.4, -0.2) is 26.5 Å². The number of nitrogens with one attached hydrogen (secondary N) is 2. The minimum atomic E-state index is -0.481. The number of amides is 2. The fourth-order valence-corrected chi connectivity index (χ4v) is 2.67. The summed E-state index contributed by atoms with van der Waals surface area (Å²) in [6.07, 6.45) is 1.49. The number of hydrazone groups is 1. The first kappa shape index (κ1) is 18.1. The van der Waals surface area contributed by atoms with E-state index in [2.05, 4.69) is 31.8 Å². The van der Waals surface area contributed by atoms with Crippen molar-refractivity contribution in [1.82, 2.24) is 5.43 Å². The zero-order chi connectivity index (χ0) is 17.5. The highest BCUT2D eigenvalue weighted by atomic mass is 79.9. The van der Waals surface area contributed by atoms with Crippen LogP contribution in [0, 0.1) is 0 Å². The molecule has 2 aromatic rings. The third-order valence-electron chi connectivity index (χ3n) is 2.97. The standard InChI is InChI=1S/C16H15BrClN3O3/c1-23-13-7-6-10(14(17)15(13)24-2)9-19-21-16(22)20-12-5-3-4-11(18)8-12/h3-9H,1-2H3,(H2,20,21,22)/b19-9-. The summed E-state index contributed by atoms with van der Waals surface area (Å²) in [5.74, 6) is 1.14. The smallest absolute Gasteiger partial charge is 0.339 e. The maximum atomic E-state index is 11.8. The Morgan fingerprint density at radius 2 is 2.04 bits per heavy atom. The van der Waals surface area contributed by atoms with Crippen LogP contribution in [0.25, 0.3) is 0 Å². The quantitative estimate of drug-likeness (QED) is 0.569. The second-order valence-corrected chi connectivity index (χ2v) is 5.77. The highest BCUT2D eigenvalue weighted by molar-refractivity contribution is 9.10. The molecule has 2 N–H and O–H groups in total. The molecule has 0 unspecified atom stereocenters. The molecule has 126 valence electrons. The largest absolute Gasteiger partial charge is 0.493 e. The number of hydrogen-bond acceptors (Lipinski definition) is 4. The zero-order valence-electron chi connectivity index (χ0n) is 13.0. The molecule has 2 amide bonds. The third-order valence-corrected chi connectivity index (χ3v) is 4.02. The molecule has 0 aliphatic rings. The van der Waals surface area contributed by atoms with Crippen molar-refractivity contribution in [2.45, 2.75) is 0 Å². The summed E-state index contributed by atoms with van der Waals surface area (Å²) in [4.78, 5) is 11.8. The molecule has 8 heteroatoms. The van der Waals surface area contributed by atoms with Crippen LogP contribution in [0.1, 0.15) is 5.56 Å². The Morgan fingerprint density at radius 1 is 1.25 bits per heavy atom. The van der Waals surface area contributed by atoms with Gasteiger partial charge in [0.25, 0.3) is 0 Å². The van der Waals surface area contributed by atoms with Crippen LogP contribution >= 0.6 is 27.5 Å². The molecule has 0 spiro atoms. The summed E-state index contributed by atoms with van der Waals surface area (Å²) in [5.41, 5.74) is 3.67. The van der Waals surface area contributed by atoms with E-state index in [0.717, 1.165) is 5.56 Å². The Hall–Kier alpha value is -2.25. The summed E-state index contributed by atoms with van der Waals surface area (Å²) in [5, 5.41) is 7.06. The van der Waals surface area contributed by atoms with Gasteiger partial charge in [0.05, 0.1) is 24.9 Å². The summed E-state index contributed by atoms with van der Waals surface area (Å²) in [7, 11) is 3.10. The first-order valence-corrected chi connectivity index (χ1v) is 7.98. The minimum Gasteiger partial charge on any atom is -0.493 e. The van der Waals surface area contributed by atoms with Crippen LogP contribution in [0.3, 0.4) is 0 Å². The number of halogens is 2. The molecule has 0 saturated heterocycles. The van der Waals surface area contributed by atoms with Crippen LogP contribution in [0.15, 0.2) is 46.0 Å². The second-order valence-electron chi connectivity index (χ2n) is 4.54. The molecule has 0 saturated carbocycles. The molecule has 6 nitrogen and oxygen atoms in total. The molecule has 0 heterocycles. The number of carbonyl (C=O) groups is 1. The molecule has 2 rings (SSSR count). The lowest BCUT2D eigenvalue weighted by molar-refractivity contribution is 0.252. The Bertz CT molecular complexity index is 768. The number of urea groups is 1. The minimum absolute atomic E-state index is 0.481.